The van der Waals surface area contributed by atoms with Crippen molar-refractivity contribution in [2.45, 2.75) is 77.6 Å². The van der Waals surface area contributed by atoms with Crippen molar-refractivity contribution in [3.05, 3.63) is 33.9 Å². The highest BCUT2D eigenvalue weighted by molar-refractivity contribution is 6.31. The van der Waals surface area contributed by atoms with Gasteiger partial charge in [-0.05, 0) is 98.1 Å². The predicted molar refractivity (Wildman–Crippen MR) is 103 cm³/mol. The van der Waals surface area contributed by atoms with Gasteiger partial charge in [-0.1, -0.05) is 37.8 Å². The molecule has 0 heterocycles. The standard InChI is InChI=1S/C23H31ClF2/c1-2-3-14-4-5-16-11-17(7-6-15(16)10-14)18-8-9-20-19(12-18)13-21(25)22(24)23(20)26/h13-18H,2-12H2,1H3. The molecule has 1 aromatic rings. The number of fused-ring (bicyclic) bond motifs is 2. The van der Waals surface area contributed by atoms with Crippen molar-refractivity contribution in [1.82, 2.24) is 0 Å². The van der Waals surface area contributed by atoms with Crippen LogP contribution in [0.15, 0.2) is 6.07 Å². The van der Waals surface area contributed by atoms with Gasteiger partial charge in [0, 0.05) is 0 Å². The lowest BCUT2D eigenvalue weighted by atomic mass is 9.61. The van der Waals surface area contributed by atoms with Gasteiger partial charge in [0.05, 0.1) is 0 Å². The van der Waals surface area contributed by atoms with E-state index in [0.29, 0.717) is 11.5 Å². The highest BCUT2D eigenvalue weighted by atomic mass is 35.5. The molecule has 0 aromatic heterocycles. The van der Waals surface area contributed by atoms with E-state index < -0.39 is 11.6 Å². The summed E-state index contributed by atoms with van der Waals surface area (Å²) < 4.78 is 28.1. The van der Waals surface area contributed by atoms with Crippen molar-refractivity contribution in [3.8, 4) is 0 Å². The summed E-state index contributed by atoms with van der Waals surface area (Å²) in [7, 11) is 0. The Morgan fingerprint density at radius 3 is 2.42 bits per heavy atom. The van der Waals surface area contributed by atoms with E-state index in [2.05, 4.69) is 6.92 Å². The summed E-state index contributed by atoms with van der Waals surface area (Å²) >= 11 is 5.76. The molecular formula is C23H31ClF2. The SMILES string of the molecule is CCCC1CCC2CC(C3CCc4c(cc(F)c(Cl)c4F)C3)CCC2C1. The van der Waals surface area contributed by atoms with Gasteiger partial charge >= 0.3 is 0 Å². The summed E-state index contributed by atoms with van der Waals surface area (Å²) in [5, 5.41) is -0.327. The Hall–Kier alpha value is -0.630. The molecule has 0 spiro atoms. The molecule has 0 nitrogen and oxygen atoms in total. The maximum absolute atomic E-state index is 14.3. The Morgan fingerprint density at radius 2 is 1.65 bits per heavy atom. The molecule has 26 heavy (non-hydrogen) atoms. The van der Waals surface area contributed by atoms with Gasteiger partial charge in [-0.15, -0.1) is 0 Å². The van der Waals surface area contributed by atoms with Gasteiger partial charge in [-0.3, -0.25) is 0 Å². The Bertz CT molecular complexity index is 656. The van der Waals surface area contributed by atoms with Crippen molar-refractivity contribution in [2.24, 2.45) is 29.6 Å². The maximum Gasteiger partial charge on any atom is 0.148 e. The maximum atomic E-state index is 14.3. The van der Waals surface area contributed by atoms with Crippen LogP contribution in [0.1, 0.15) is 75.8 Å². The zero-order chi connectivity index (χ0) is 18.3. The predicted octanol–water partition coefficient (Wildman–Crippen LogP) is 7.36. The van der Waals surface area contributed by atoms with Crippen LogP contribution in [0.2, 0.25) is 5.02 Å². The topological polar surface area (TPSA) is 0 Å². The molecule has 0 amide bonds. The van der Waals surface area contributed by atoms with Crippen LogP contribution < -0.4 is 0 Å². The molecule has 1 aromatic carbocycles. The van der Waals surface area contributed by atoms with Crippen LogP contribution in [0.25, 0.3) is 0 Å². The number of benzene rings is 1. The van der Waals surface area contributed by atoms with Crippen LogP contribution in [-0.4, -0.2) is 0 Å². The molecule has 2 saturated carbocycles. The molecule has 0 N–H and O–H groups in total. The van der Waals surface area contributed by atoms with Gasteiger partial charge in [-0.2, -0.15) is 0 Å². The van der Waals surface area contributed by atoms with Gasteiger partial charge in [0.25, 0.3) is 0 Å². The highest BCUT2D eigenvalue weighted by Gasteiger charge is 2.38. The molecule has 144 valence electrons. The van der Waals surface area contributed by atoms with Gasteiger partial charge in [0.15, 0.2) is 0 Å². The van der Waals surface area contributed by atoms with E-state index in [9.17, 15) is 8.78 Å². The average Bonchev–Trinajstić information content (AvgIpc) is 2.65. The first-order valence-electron chi connectivity index (χ1n) is 10.7. The molecule has 5 unspecified atom stereocenters. The fourth-order valence-corrected chi connectivity index (χ4v) is 6.54. The zero-order valence-electron chi connectivity index (χ0n) is 15.9. The Morgan fingerprint density at radius 1 is 0.962 bits per heavy atom. The lowest BCUT2D eigenvalue weighted by Crippen LogP contribution is -2.35. The summed E-state index contributed by atoms with van der Waals surface area (Å²) in [6.45, 7) is 2.31. The highest BCUT2D eigenvalue weighted by Crippen LogP contribution is 2.49. The van der Waals surface area contributed by atoms with E-state index in [4.69, 9.17) is 11.6 Å². The normalized spacial score (nSPS) is 34.2. The minimum absolute atomic E-state index is 0.327. The molecule has 0 bridgehead atoms. The van der Waals surface area contributed by atoms with Crippen LogP contribution in [0.3, 0.4) is 0 Å². The molecule has 3 aliphatic carbocycles. The van der Waals surface area contributed by atoms with E-state index in [1.165, 1.54) is 57.4 Å². The van der Waals surface area contributed by atoms with Crippen LogP contribution in [0.5, 0.6) is 0 Å². The van der Waals surface area contributed by atoms with E-state index >= 15 is 0 Å². The lowest BCUT2D eigenvalue weighted by Gasteiger charge is -2.45. The Balaban J connectivity index is 1.41. The first-order valence-corrected chi connectivity index (χ1v) is 11.1. The molecule has 3 heteroatoms. The lowest BCUT2D eigenvalue weighted by molar-refractivity contribution is 0.0693. The number of hydrogen-bond donors (Lipinski definition) is 0. The van der Waals surface area contributed by atoms with Gasteiger partial charge < -0.3 is 0 Å². The third kappa shape index (κ3) is 3.55. The molecule has 2 fully saturated rings. The Labute approximate surface area is 161 Å². The Kier molecular flexibility index (Phi) is 5.60. The van der Waals surface area contributed by atoms with Crippen LogP contribution in [-0.2, 0) is 12.8 Å². The second-order valence-electron chi connectivity index (χ2n) is 9.19. The smallest absolute Gasteiger partial charge is 0.148 e. The van der Waals surface area contributed by atoms with E-state index in [1.54, 1.807) is 0 Å². The summed E-state index contributed by atoms with van der Waals surface area (Å²) in [6.07, 6.45) is 13.6. The van der Waals surface area contributed by atoms with Crippen molar-refractivity contribution in [2.75, 3.05) is 0 Å². The third-order valence-electron chi connectivity index (χ3n) is 7.73. The minimum Gasteiger partial charge on any atom is -0.205 e. The quantitative estimate of drug-likeness (QED) is 0.480. The molecular weight excluding hydrogens is 350 g/mol. The molecule has 4 rings (SSSR count). The molecule has 3 aliphatic rings. The van der Waals surface area contributed by atoms with Gasteiger partial charge in [-0.25, -0.2) is 8.78 Å². The van der Waals surface area contributed by atoms with Crippen molar-refractivity contribution < 1.29 is 8.78 Å². The zero-order valence-corrected chi connectivity index (χ0v) is 16.6. The van der Waals surface area contributed by atoms with Crippen molar-refractivity contribution in [1.29, 1.82) is 0 Å². The van der Waals surface area contributed by atoms with Crippen LogP contribution in [0, 0.1) is 41.2 Å². The summed E-state index contributed by atoms with van der Waals surface area (Å²) in [5.41, 5.74) is 1.54. The first kappa shape index (κ1) is 18.7. The monoisotopic (exact) mass is 380 g/mol. The number of rotatable bonds is 3. The van der Waals surface area contributed by atoms with Crippen molar-refractivity contribution in [3.63, 3.8) is 0 Å². The van der Waals surface area contributed by atoms with Crippen LogP contribution >= 0.6 is 11.6 Å². The largest absolute Gasteiger partial charge is 0.205 e. The number of hydrogen-bond acceptors (Lipinski definition) is 0. The molecule has 0 saturated heterocycles. The van der Waals surface area contributed by atoms with Gasteiger partial charge in [0.2, 0.25) is 0 Å². The van der Waals surface area contributed by atoms with E-state index in [0.717, 1.165) is 48.5 Å². The van der Waals surface area contributed by atoms with E-state index in [-0.39, 0.29) is 5.02 Å². The fourth-order valence-electron chi connectivity index (χ4n) is 6.37. The second kappa shape index (κ2) is 7.78. The fraction of sp³-hybridized carbons (Fsp3) is 0.739. The molecule has 5 atom stereocenters. The third-order valence-corrected chi connectivity index (χ3v) is 8.08. The average molecular weight is 381 g/mol. The van der Waals surface area contributed by atoms with Crippen LogP contribution in [0.4, 0.5) is 8.78 Å². The molecule has 0 aliphatic heterocycles. The second-order valence-corrected chi connectivity index (χ2v) is 9.57. The van der Waals surface area contributed by atoms with Crippen molar-refractivity contribution >= 4 is 11.6 Å². The molecule has 0 radical (unpaired) electrons. The summed E-state index contributed by atoms with van der Waals surface area (Å²) in [5.74, 6) is 3.04. The first-order chi connectivity index (χ1) is 12.6. The summed E-state index contributed by atoms with van der Waals surface area (Å²) in [6, 6.07) is 1.49. The minimum atomic E-state index is -0.596. The van der Waals surface area contributed by atoms with E-state index in [1.807, 2.05) is 0 Å². The number of halogens is 3. The van der Waals surface area contributed by atoms with Gasteiger partial charge in [0.1, 0.15) is 16.7 Å². The summed E-state index contributed by atoms with van der Waals surface area (Å²) in [4.78, 5) is 0.